The minimum absolute atomic E-state index is 0.0580. The van der Waals surface area contributed by atoms with Gasteiger partial charge in [-0.05, 0) is 36.5 Å². The van der Waals surface area contributed by atoms with Gasteiger partial charge in [-0.15, -0.1) is 11.3 Å². The Morgan fingerprint density at radius 2 is 1.93 bits per heavy atom. The lowest BCUT2D eigenvalue weighted by molar-refractivity contribution is -0.0741. The van der Waals surface area contributed by atoms with Crippen LogP contribution in [0.5, 0.6) is 0 Å². The van der Waals surface area contributed by atoms with Crippen LogP contribution in [-0.4, -0.2) is 38.8 Å². The molecular weight excluding hydrogens is 384 g/mol. The molecule has 7 heteroatoms. The number of nitrogens with zero attached hydrogens (tertiary/aromatic N) is 4. The van der Waals surface area contributed by atoms with Crippen molar-refractivity contribution in [3.8, 4) is 10.8 Å². The number of amides is 1. The Labute approximate surface area is 173 Å². The van der Waals surface area contributed by atoms with Crippen LogP contribution in [0.1, 0.15) is 46.3 Å². The van der Waals surface area contributed by atoms with Crippen LogP contribution in [0.25, 0.3) is 10.8 Å². The normalized spacial score (nSPS) is 17.5. The summed E-state index contributed by atoms with van der Waals surface area (Å²) in [4.78, 5) is 29.1. The number of ether oxygens (including phenoxy) is 1. The second kappa shape index (κ2) is 7.31. The maximum absolute atomic E-state index is 13.3. The van der Waals surface area contributed by atoms with E-state index in [1.54, 1.807) is 18.5 Å². The molecule has 29 heavy (non-hydrogen) atoms. The Morgan fingerprint density at radius 1 is 1.17 bits per heavy atom. The number of piperidine rings is 1. The van der Waals surface area contributed by atoms with Gasteiger partial charge < -0.3 is 9.64 Å². The molecule has 1 spiro atoms. The van der Waals surface area contributed by atoms with Crippen molar-refractivity contribution in [2.45, 2.75) is 38.4 Å². The topological polar surface area (TPSA) is 68.2 Å². The molecule has 1 amide bonds. The fraction of sp³-hybridized carbons (Fsp3) is 0.364. The monoisotopic (exact) mass is 406 g/mol. The third-order valence-corrected chi connectivity index (χ3v) is 6.94. The van der Waals surface area contributed by atoms with Gasteiger partial charge >= 0.3 is 0 Å². The third-order valence-electron chi connectivity index (χ3n) is 5.85. The van der Waals surface area contributed by atoms with Crippen LogP contribution in [0.3, 0.4) is 0 Å². The minimum atomic E-state index is -0.238. The lowest BCUT2D eigenvalue weighted by Crippen LogP contribution is -2.45. The van der Waals surface area contributed by atoms with Gasteiger partial charge in [-0.3, -0.25) is 4.79 Å². The summed E-state index contributed by atoms with van der Waals surface area (Å²) in [6.45, 7) is 4.06. The molecule has 4 heterocycles. The smallest absolute Gasteiger partial charge is 0.265 e. The molecular formula is C22H22N4O2S. The van der Waals surface area contributed by atoms with Crippen molar-refractivity contribution in [3.63, 3.8) is 0 Å². The van der Waals surface area contributed by atoms with E-state index in [1.165, 1.54) is 22.5 Å². The van der Waals surface area contributed by atoms with Crippen LogP contribution in [-0.2, 0) is 23.4 Å². The second-order valence-corrected chi connectivity index (χ2v) is 8.45. The average Bonchev–Trinajstić information content (AvgIpc) is 3.37. The SMILES string of the molecule is CCc1nc(-c2ncccn2)sc1C(=O)N1CCC2(CC1)OCc1ccccc12. The van der Waals surface area contributed by atoms with Gasteiger partial charge in [0.1, 0.15) is 4.88 Å². The molecule has 0 aliphatic carbocycles. The number of fused-ring (bicyclic) bond motifs is 2. The zero-order valence-electron chi connectivity index (χ0n) is 16.3. The number of aromatic nitrogens is 3. The van der Waals surface area contributed by atoms with Gasteiger partial charge in [0.25, 0.3) is 5.91 Å². The molecule has 0 N–H and O–H groups in total. The highest BCUT2D eigenvalue weighted by Crippen LogP contribution is 2.44. The molecule has 0 saturated carbocycles. The lowest BCUT2D eigenvalue weighted by atomic mass is 9.84. The number of hydrogen-bond acceptors (Lipinski definition) is 6. The predicted octanol–water partition coefficient (Wildman–Crippen LogP) is 3.82. The van der Waals surface area contributed by atoms with E-state index in [-0.39, 0.29) is 11.5 Å². The Balaban J connectivity index is 1.36. The molecule has 2 aliphatic rings. The van der Waals surface area contributed by atoms with E-state index in [4.69, 9.17) is 4.74 Å². The second-order valence-electron chi connectivity index (χ2n) is 7.45. The number of carbonyl (C=O) groups is 1. The van der Waals surface area contributed by atoms with Crippen molar-refractivity contribution in [2.75, 3.05) is 13.1 Å². The fourth-order valence-corrected chi connectivity index (χ4v) is 5.35. The number of thiazole rings is 1. The van der Waals surface area contributed by atoms with Crippen LogP contribution < -0.4 is 0 Å². The number of hydrogen-bond donors (Lipinski definition) is 0. The summed E-state index contributed by atoms with van der Waals surface area (Å²) >= 11 is 1.39. The van der Waals surface area contributed by atoms with Crippen LogP contribution in [0, 0.1) is 0 Å². The molecule has 1 fully saturated rings. The van der Waals surface area contributed by atoms with Crippen LogP contribution >= 0.6 is 11.3 Å². The van der Waals surface area contributed by atoms with E-state index in [2.05, 4.69) is 39.2 Å². The zero-order valence-corrected chi connectivity index (χ0v) is 17.1. The van der Waals surface area contributed by atoms with Gasteiger partial charge in [0.2, 0.25) is 0 Å². The highest BCUT2D eigenvalue weighted by atomic mass is 32.1. The third kappa shape index (κ3) is 3.14. The summed E-state index contributed by atoms with van der Waals surface area (Å²) in [6, 6.07) is 10.2. The first kappa shape index (κ1) is 18.4. The number of aryl methyl sites for hydroxylation is 1. The van der Waals surface area contributed by atoms with Crippen molar-refractivity contribution in [1.29, 1.82) is 0 Å². The van der Waals surface area contributed by atoms with Crippen LogP contribution in [0.15, 0.2) is 42.7 Å². The van der Waals surface area contributed by atoms with E-state index < -0.39 is 0 Å². The number of rotatable bonds is 3. The van der Waals surface area contributed by atoms with Gasteiger partial charge in [-0.25, -0.2) is 15.0 Å². The van der Waals surface area contributed by atoms with Gasteiger partial charge in [-0.2, -0.15) is 0 Å². The van der Waals surface area contributed by atoms with E-state index in [0.29, 0.717) is 41.8 Å². The summed E-state index contributed by atoms with van der Waals surface area (Å²) in [5.41, 5.74) is 3.15. The first-order valence-corrected chi connectivity index (χ1v) is 10.8. The van der Waals surface area contributed by atoms with Crippen molar-refractivity contribution >= 4 is 17.2 Å². The largest absolute Gasteiger partial charge is 0.365 e. The quantitative estimate of drug-likeness (QED) is 0.661. The van der Waals surface area contributed by atoms with Crippen molar-refractivity contribution in [1.82, 2.24) is 19.9 Å². The van der Waals surface area contributed by atoms with Gasteiger partial charge in [-0.1, -0.05) is 31.2 Å². The molecule has 0 bridgehead atoms. The average molecular weight is 407 g/mol. The molecule has 5 rings (SSSR count). The zero-order chi connectivity index (χ0) is 19.8. The molecule has 2 aliphatic heterocycles. The Hall–Kier alpha value is -2.64. The van der Waals surface area contributed by atoms with Crippen LogP contribution in [0.4, 0.5) is 0 Å². The Bertz CT molecular complexity index is 1040. The highest BCUT2D eigenvalue weighted by Gasteiger charge is 2.43. The van der Waals surface area contributed by atoms with Gasteiger partial charge in [0, 0.05) is 25.5 Å². The van der Waals surface area contributed by atoms with E-state index in [1.807, 2.05) is 11.8 Å². The standard InChI is InChI=1S/C22H22N4O2S/c1-2-17-18(29-20(25-17)19-23-10-5-11-24-19)21(27)26-12-8-22(9-13-26)16-7-4-3-6-15(16)14-28-22/h3-7,10-11H,2,8-9,12-14H2,1H3. The molecule has 6 nitrogen and oxygen atoms in total. The first-order valence-electron chi connectivity index (χ1n) is 9.99. The molecule has 1 saturated heterocycles. The van der Waals surface area contributed by atoms with E-state index >= 15 is 0 Å². The van der Waals surface area contributed by atoms with Gasteiger partial charge in [0.05, 0.1) is 17.9 Å². The Morgan fingerprint density at radius 3 is 2.69 bits per heavy atom. The molecule has 0 unspecified atom stereocenters. The molecule has 0 radical (unpaired) electrons. The highest BCUT2D eigenvalue weighted by molar-refractivity contribution is 7.17. The predicted molar refractivity (Wildman–Crippen MR) is 111 cm³/mol. The van der Waals surface area contributed by atoms with E-state index in [9.17, 15) is 4.79 Å². The van der Waals surface area contributed by atoms with Crippen LogP contribution in [0.2, 0.25) is 0 Å². The Kier molecular flexibility index (Phi) is 4.64. The summed E-state index contributed by atoms with van der Waals surface area (Å²) in [6.07, 6.45) is 5.74. The molecule has 148 valence electrons. The number of carbonyl (C=O) groups excluding carboxylic acids is 1. The summed E-state index contributed by atoms with van der Waals surface area (Å²) in [7, 11) is 0. The first-order chi connectivity index (χ1) is 14.2. The van der Waals surface area contributed by atoms with Gasteiger partial charge in [0.15, 0.2) is 10.8 Å². The molecule has 2 aromatic heterocycles. The van der Waals surface area contributed by atoms with Crippen molar-refractivity contribution < 1.29 is 9.53 Å². The summed E-state index contributed by atoms with van der Waals surface area (Å²) < 4.78 is 6.23. The fourth-order valence-electron chi connectivity index (χ4n) is 4.28. The maximum Gasteiger partial charge on any atom is 0.265 e. The van der Waals surface area contributed by atoms with Crippen molar-refractivity contribution in [3.05, 3.63) is 64.4 Å². The van der Waals surface area contributed by atoms with E-state index in [0.717, 1.165) is 18.5 Å². The number of benzene rings is 1. The lowest BCUT2D eigenvalue weighted by Gasteiger charge is -2.39. The summed E-state index contributed by atoms with van der Waals surface area (Å²) in [5, 5.41) is 0.701. The number of likely N-dealkylation sites (tertiary alicyclic amines) is 1. The molecule has 3 aromatic rings. The van der Waals surface area contributed by atoms with Crippen molar-refractivity contribution in [2.24, 2.45) is 0 Å². The summed E-state index contributed by atoms with van der Waals surface area (Å²) in [5.74, 6) is 0.627. The maximum atomic E-state index is 13.3. The molecule has 0 atom stereocenters. The molecule has 1 aromatic carbocycles. The minimum Gasteiger partial charge on any atom is -0.365 e.